The van der Waals surface area contributed by atoms with Gasteiger partial charge in [-0.15, -0.1) is 0 Å². The van der Waals surface area contributed by atoms with Crippen LogP contribution in [0.25, 0.3) is 0 Å². The summed E-state index contributed by atoms with van der Waals surface area (Å²) in [5.41, 5.74) is 4.62. The van der Waals surface area contributed by atoms with Crippen molar-refractivity contribution in [1.82, 2.24) is 15.3 Å². The first-order valence-electron chi connectivity index (χ1n) is 3.60. The summed E-state index contributed by atoms with van der Waals surface area (Å²) >= 11 is 5.95. The van der Waals surface area contributed by atoms with Crippen LogP contribution in [0.15, 0.2) is 0 Å². The molecule has 4 nitrogen and oxygen atoms in total. The van der Waals surface area contributed by atoms with Gasteiger partial charge in [-0.2, -0.15) is 10.6 Å². The molecule has 0 saturated heterocycles. The molecule has 0 amide bonds. The van der Waals surface area contributed by atoms with Crippen LogP contribution in [-0.4, -0.2) is 16.9 Å². The number of halogens is 1. The molecule has 68 valence electrons. The SMILES string of the molecule is CONCc1c(C)nn(C)c1Cl. The minimum absolute atomic E-state index is 0.578. The normalized spacial score (nSPS) is 10.7. The Morgan fingerprint density at radius 1 is 1.67 bits per heavy atom. The van der Waals surface area contributed by atoms with Crippen molar-refractivity contribution in [2.45, 2.75) is 13.5 Å². The summed E-state index contributed by atoms with van der Waals surface area (Å²) in [4.78, 5) is 4.72. The number of hydroxylamine groups is 1. The Morgan fingerprint density at radius 3 is 2.75 bits per heavy atom. The van der Waals surface area contributed by atoms with Gasteiger partial charge in [-0.05, 0) is 6.92 Å². The van der Waals surface area contributed by atoms with Crippen molar-refractivity contribution >= 4 is 11.6 Å². The van der Waals surface area contributed by atoms with E-state index in [1.807, 2.05) is 14.0 Å². The largest absolute Gasteiger partial charge is 0.305 e. The number of aryl methyl sites for hydroxylation is 2. The van der Waals surface area contributed by atoms with Crippen LogP contribution in [0.1, 0.15) is 11.3 Å². The highest BCUT2D eigenvalue weighted by molar-refractivity contribution is 6.30. The maximum atomic E-state index is 5.95. The van der Waals surface area contributed by atoms with Gasteiger partial charge in [-0.3, -0.25) is 4.68 Å². The minimum Gasteiger partial charge on any atom is -0.305 e. The molecular formula is C7H12ClN3O. The molecule has 0 aliphatic heterocycles. The molecule has 1 rings (SSSR count). The van der Waals surface area contributed by atoms with Crippen LogP contribution in [0.2, 0.25) is 5.15 Å². The Balaban J connectivity index is 2.82. The molecule has 0 bridgehead atoms. The molecular weight excluding hydrogens is 178 g/mol. The molecule has 1 N–H and O–H groups in total. The number of nitrogens with one attached hydrogen (secondary N) is 1. The van der Waals surface area contributed by atoms with Gasteiger partial charge >= 0.3 is 0 Å². The lowest BCUT2D eigenvalue weighted by Gasteiger charge is -2.00. The summed E-state index contributed by atoms with van der Waals surface area (Å²) in [6, 6.07) is 0. The third-order valence-electron chi connectivity index (χ3n) is 1.66. The van der Waals surface area contributed by atoms with Gasteiger partial charge in [0.15, 0.2) is 0 Å². The molecule has 0 aliphatic rings. The Labute approximate surface area is 76.4 Å². The molecule has 1 aromatic rings. The smallest absolute Gasteiger partial charge is 0.131 e. The van der Waals surface area contributed by atoms with Crippen molar-refractivity contribution < 1.29 is 4.84 Å². The van der Waals surface area contributed by atoms with Crippen molar-refractivity contribution in [2.24, 2.45) is 7.05 Å². The van der Waals surface area contributed by atoms with E-state index in [1.54, 1.807) is 11.8 Å². The van der Waals surface area contributed by atoms with Crippen LogP contribution < -0.4 is 5.48 Å². The highest BCUT2D eigenvalue weighted by atomic mass is 35.5. The highest BCUT2D eigenvalue weighted by Gasteiger charge is 2.09. The van der Waals surface area contributed by atoms with Gasteiger partial charge in [0.05, 0.1) is 19.3 Å². The minimum atomic E-state index is 0.578. The zero-order valence-corrected chi connectivity index (χ0v) is 8.14. The summed E-state index contributed by atoms with van der Waals surface area (Å²) < 4.78 is 1.64. The van der Waals surface area contributed by atoms with E-state index in [-0.39, 0.29) is 0 Å². The summed E-state index contributed by atoms with van der Waals surface area (Å²) in [5.74, 6) is 0. The molecule has 1 heterocycles. The molecule has 12 heavy (non-hydrogen) atoms. The standard InChI is InChI=1S/C7H12ClN3O/c1-5-6(4-9-12-3)7(8)11(2)10-5/h9H,4H2,1-3H3. The summed E-state index contributed by atoms with van der Waals surface area (Å²) in [7, 11) is 3.38. The van der Waals surface area contributed by atoms with E-state index in [9.17, 15) is 0 Å². The van der Waals surface area contributed by atoms with E-state index in [0.717, 1.165) is 11.3 Å². The molecule has 0 aliphatic carbocycles. The monoisotopic (exact) mass is 189 g/mol. The predicted molar refractivity (Wildman–Crippen MR) is 46.8 cm³/mol. The molecule has 0 saturated carbocycles. The molecule has 0 atom stereocenters. The Morgan fingerprint density at radius 2 is 2.33 bits per heavy atom. The van der Waals surface area contributed by atoms with E-state index in [0.29, 0.717) is 11.7 Å². The first kappa shape index (κ1) is 9.51. The first-order chi connectivity index (χ1) is 5.66. The fourth-order valence-corrected chi connectivity index (χ4v) is 1.26. The number of aromatic nitrogens is 2. The van der Waals surface area contributed by atoms with Gasteiger partial charge < -0.3 is 4.84 Å². The van der Waals surface area contributed by atoms with Crippen molar-refractivity contribution in [3.05, 3.63) is 16.4 Å². The van der Waals surface area contributed by atoms with Gasteiger partial charge in [0.1, 0.15) is 5.15 Å². The van der Waals surface area contributed by atoms with Crippen molar-refractivity contribution in [3.8, 4) is 0 Å². The van der Waals surface area contributed by atoms with Gasteiger partial charge in [-0.25, -0.2) is 0 Å². The number of hydrogen-bond acceptors (Lipinski definition) is 3. The Bertz CT molecular complexity index is 272. The third kappa shape index (κ3) is 1.77. The number of nitrogens with zero attached hydrogens (tertiary/aromatic N) is 2. The fourth-order valence-electron chi connectivity index (χ4n) is 1.02. The Kier molecular flexibility index (Phi) is 3.08. The predicted octanol–water partition coefficient (Wildman–Crippen LogP) is 1.03. The number of hydrogen-bond donors (Lipinski definition) is 1. The summed E-state index contributed by atoms with van der Waals surface area (Å²) in [6.45, 7) is 2.49. The molecule has 0 spiro atoms. The number of rotatable bonds is 3. The van der Waals surface area contributed by atoms with E-state index < -0.39 is 0 Å². The second-order valence-corrected chi connectivity index (χ2v) is 2.86. The van der Waals surface area contributed by atoms with Gasteiger partial charge in [0.25, 0.3) is 0 Å². The van der Waals surface area contributed by atoms with Crippen LogP contribution >= 0.6 is 11.6 Å². The lowest BCUT2D eigenvalue weighted by molar-refractivity contribution is 0.0866. The lowest BCUT2D eigenvalue weighted by Crippen LogP contribution is -2.11. The quantitative estimate of drug-likeness (QED) is 0.723. The Hall–Kier alpha value is -0.580. The van der Waals surface area contributed by atoms with Crippen LogP contribution in [0.4, 0.5) is 0 Å². The van der Waals surface area contributed by atoms with Gasteiger partial charge in [0, 0.05) is 12.6 Å². The van der Waals surface area contributed by atoms with Gasteiger partial charge in [-0.1, -0.05) is 11.6 Å². The fraction of sp³-hybridized carbons (Fsp3) is 0.571. The molecule has 5 heteroatoms. The van der Waals surface area contributed by atoms with E-state index in [4.69, 9.17) is 16.4 Å². The van der Waals surface area contributed by atoms with Crippen LogP contribution in [0.5, 0.6) is 0 Å². The third-order valence-corrected chi connectivity index (χ3v) is 2.14. The van der Waals surface area contributed by atoms with Crippen LogP contribution in [0, 0.1) is 6.92 Å². The topological polar surface area (TPSA) is 39.1 Å². The summed E-state index contributed by atoms with van der Waals surface area (Å²) in [5, 5.41) is 4.80. The zero-order valence-electron chi connectivity index (χ0n) is 7.39. The van der Waals surface area contributed by atoms with Crippen molar-refractivity contribution in [2.75, 3.05) is 7.11 Å². The average Bonchev–Trinajstić information content (AvgIpc) is 2.25. The molecule has 0 radical (unpaired) electrons. The van der Waals surface area contributed by atoms with Crippen molar-refractivity contribution in [1.29, 1.82) is 0 Å². The molecule has 0 unspecified atom stereocenters. The summed E-state index contributed by atoms with van der Waals surface area (Å²) in [6.07, 6.45) is 0. The average molecular weight is 190 g/mol. The van der Waals surface area contributed by atoms with Crippen LogP contribution in [0.3, 0.4) is 0 Å². The second kappa shape index (κ2) is 3.89. The maximum absolute atomic E-state index is 5.95. The molecule has 0 fully saturated rings. The first-order valence-corrected chi connectivity index (χ1v) is 3.98. The van der Waals surface area contributed by atoms with E-state index in [1.165, 1.54) is 0 Å². The highest BCUT2D eigenvalue weighted by Crippen LogP contribution is 2.17. The maximum Gasteiger partial charge on any atom is 0.131 e. The van der Waals surface area contributed by atoms with Crippen molar-refractivity contribution in [3.63, 3.8) is 0 Å². The molecule has 1 aromatic heterocycles. The lowest BCUT2D eigenvalue weighted by atomic mass is 10.3. The van der Waals surface area contributed by atoms with E-state index >= 15 is 0 Å². The van der Waals surface area contributed by atoms with Crippen LogP contribution in [-0.2, 0) is 18.4 Å². The van der Waals surface area contributed by atoms with Gasteiger partial charge in [0.2, 0.25) is 0 Å². The second-order valence-electron chi connectivity index (χ2n) is 2.50. The zero-order chi connectivity index (χ0) is 9.14. The van der Waals surface area contributed by atoms with E-state index in [2.05, 4.69) is 10.6 Å². The molecule has 0 aromatic carbocycles.